The maximum absolute atomic E-state index is 12.7. The third kappa shape index (κ3) is 4.13. The molecule has 26 heavy (non-hydrogen) atoms. The Morgan fingerprint density at radius 1 is 0.885 bits per heavy atom. The van der Waals surface area contributed by atoms with Crippen LogP contribution in [0.2, 0.25) is 0 Å². The number of nitro groups is 1. The Balaban J connectivity index is 1.88. The van der Waals surface area contributed by atoms with Gasteiger partial charge < -0.3 is 5.32 Å². The summed E-state index contributed by atoms with van der Waals surface area (Å²) in [5.41, 5.74) is 1.88. The molecule has 0 saturated heterocycles. The average molecular weight is 346 g/mol. The largest absolute Gasteiger partial charge is 0.345 e. The molecule has 1 atom stereocenters. The quantitative estimate of drug-likeness (QED) is 0.534. The van der Waals surface area contributed by atoms with E-state index >= 15 is 0 Å². The highest BCUT2D eigenvalue weighted by Gasteiger charge is 2.22. The fraction of sp³-hybridized carbons (Fsp3) is 0.0952. The normalized spacial score (nSPS) is 11.5. The molecule has 0 radical (unpaired) electrons. The molecule has 1 N–H and O–H groups in total. The van der Waals surface area contributed by atoms with E-state index in [2.05, 4.69) is 5.32 Å². The van der Waals surface area contributed by atoms with Gasteiger partial charge in [-0.1, -0.05) is 72.8 Å². The Hall–Kier alpha value is -3.47. The minimum Gasteiger partial charge on any atom is -0.345 e. The standard InChI is InChI=1S/C21H18N2O3/c24-21(18-13-7-8-14-20(18)23(25)26)22-19(17-11-5-2-6-12-17)15-16-9-3-1-4-10-16/h1-14,19H,15H2,(H,22,24). The lowest BCUT2D eigenvalue weighted by Crippen LogP contribution is -2.30. The molecule has 0 aliphatic carbocycles. The van der Waals surface area contributed by atoms with Gasteiger partial charge in [-0.05, 0) is 23.6 Å². The van der Waals surface area contributed by atoms with Gasteiger partial charge in [0.1, 0.15) is 5.56 Å². The van der Waals surface area contributed by atoms with Gasteiger partial charge in [-0.15, -0.1) is 0 Å². The first-order chi connectivity index (χ1) is 12.6. The van der Waals surface area contributed by atoms with Crippen LogP contribution in [0.15, 0.2) is 84.9 Å². The van der Waals surface area contributed by atoms with Crippen molar-refractivity contribution < 1.29 is 9.72 Å². The first-order valence-corrected chi connectivity index (χ1v) is 8.28. The van der Waals surface area contributed by atoms with Crippen LogP contribution in [0.3, 0.4) is 0 Å². The molecule has 0 aromatic heterocycles. The lowest BCUT2D eigenvalue weighted by molar-refractivity contribution is -0.385. The van der Waals surface area contributed by atoms with Gasteiger partial charge in [-0.3, -0.25) is 14.9 Å². The smallest absolute Gasteiger partial charge is 0.282 e. The van der Waals surface area contributed by atoms with E-state index in [1.165, 1.54) is 12.1 Å². The predicted octanol–water partition coefficient (Wildman–Crippen LogP) is 4.31. The molecular formula is C21H18N2O3. The molecule has 5 nitrogen and oxygen atoms in total. The molecule has 0 aliphatic rings. The molecule has 1 amide bonds. The summed E-state index contributed by atoms with van der Waals surface area (Å²) in [6.07, 6.45) is 0.594. The number of hydrogen-bond acceptors (Lipinski definition) is 3. The third-order valence-corrected chi connectivity index (χ3v) is 4.14. The maximum atomic E-state index is 12.7. The lowest BCUT2D eigenvalue weighted by atomic mass is 9.98. The highest BCUT2D eigenvalue weighted by molar-refractivity contribution is 5.98. The number of carbonyl (C=O) groups is 1. The van der Waals surface area contributed by atoms with E-state index in [-0.39, 0.29) is 17.3 Å². The zero-order chi connectivity index (χ0) is 18.4. The summed E-state index contributed by atoms with van der Waals surface area (Å²) < 4.78 is 0. The number of para-hydroxylation sites is 1. The van der Waals surface area contributed by atoms with E-state index in [1.807, 2.05) is 60.7 Å². The summed E-state index contributed by atoms with van der Waals surface area (Å²) in [5, 5.41) is 14.1. The van der Waals surface area contributed by atoms with E-state index in [0.29, 0.717) is 6.42 Å². The van der Waals surface area contributed by atoms with E-state index < -0.39 is 10.8 Å². The number of amides is 1. The van der Waals surface area contributed by atoms with Gasteiger partial charge in [0.15, 0.2) is 0 Å². The molecular weight excluding hydrogens is 328 g/mol. The molecule has 3 rings (SSSR count). The van der Waals surface area contributed by atoms with Crippen LogP contribution in [0.5, 0.6) is 0 Å². The first kappa shape index (κ1) is 17.4. The third-order valence-electron chi connectivity index (χ3n) is 4.14. The van der Waals surface area contributed by atoms with Crippen LogP contribution in [0.1, 0.15) is 27.5 Å². The van der Waals surface area contributed by atoms with Gasteiger partial charge in [0.05, 0.1) is 11.0 Å². The van der Waals surface area contributed by atoms with Crippen molar-refractivity contribution in [1.29, 1.82) is 0 Å². The molecule has 0 fully saturated rings. The van der Waals surface area contributed by atoms with Crippen molar-refractivity contribution >= 4 is 11.6 Å². The van der Waals surface area contributed by atoms with Crippen molar-refractivity contribution in [3.05, 3.63) is 112 Å². The zero-order valence-electron chi connectivity index (χ0n) is 14.0. The van der Waals surface area contributed by atoms with Crippen molar-refractivity contribution in [2.24, 2.45) is 0 Å². The molecule has 3 aromatic rings. The van der Waals surface area contributed by atoms with Crippen LogP contribution in [0.25, 0.3) is 0 Å². The molecule has 0 bridgehead atoms. The summed E-state index contributed by atoms with van der Waals surface area (Å²) >= 11 is 0. The van der Waals surface area contributed by atoms with Crippen molar-refractivity contribution in [2.45, 2.75) is 12.5 Å². The number of nitro benzene ring substituents is 1. The van der Waals surface area contributed by atoms with Crippen molar-refractivity contribution in [2.75, 3.05) is 0 Å². The van der Waals surface area contributed by atoms with Gasteiger partial charge in [0.25, 0.3) is 11.6 Å². The van der Waals surface area contributed by atoms with Crippen LogP contribution in [0, 0.1) is 10.1 Å². The Morgan fingerprint density at radius 3 is 2.12 bits per heavy atom. The first-order valence-electron chi connectivity index (χ1n) is 8.28. The molecule has 0 saturated carbocycles. The fourth-order valence-corrected chi connectivity index (χ4v) is 2.85. The second kappa shape index (κ2) is 8.07. The minimum absolute atomic E-state index is 0.0616. The molecule has 0 heterocycles. The zero-order valence-corrected chi connectivity index (χ0v) is 14.0. The molecule has 130 valence electrons. The lowest BCUT2D eigenvalue weighted by Gasteiger charge is -2.19. The number of rotatable bonds is 6. The average Bonchev–Trinajstić information content (AvgIpc) is 2.69. The molecule has 0 aliphatic heterocycles. The van der Waals surface area contributed by atoms with Crippen LogP contribution < -0.4 is 5.32 Å². The van der Waals surface area contributed by atoms with Gasteiger partial charge >= 0.3 is 0 Å². The Labute approximate surface area is 151 Å². The van der Waals surface area contributed by atoms with E-state index in [0.717, 1.165) is 11.1 Å². The minimum atomic E-state index is -0.538. The van der Waals surface area contributed by atoms with Gasteiger partial charge in [0, 0.05) is 6.07 Å². The molecule has 5 heteroatoms. The molecule has 0 spiro atoms. The van der Waals surface area contributed by atoms with Gasteiger partial charge in [-0.25, -0.2) is 0 Å². The highest BCUT2D eigenvalue weighted by atomic mass is 16.6. The predicted molar refractivity (Wildman–Crippen MR) is 99.9 cm³/mol. The number of nitrogens with one attached hydrogen (secondary N) is 1. The molecule has 1 unspecified atom stereocenters. The van der Waals surface area contributed by atoms with Gasteiger partial charge in [-0.2, -0.15) is 0 Å². The van der Waals surface area contributed by atoms with Crippen LogP contribution in [-0.2, 0) is 6.42 Å². The fourth-order valence-electron chi connectivity index (χ4n) is 2.85. The van der Waals surface area contributed by atoms with Crippen LogP contribution >= 0.6 is 0 Å². The summed E-state index contributed by atoms with van der Waals surface area (Å²) in [7, 11) is 0. The van der Waals surface area contributed by atoms with E-state index in [9.17, 15) is 14.9 Å². The topological polar surface area (TPSA) is 72.2 Å². The number of benzene rings is 3. The number of carbonyl (C=O) groups excluding carboxylic acids is 1. The summed E-state index contributed by atoms with van der Waals surface area (Å²) in [5.74, 6) is -0.456. The Bertz CT molecular complexity index is 895. The Kier molecular flexibility index (Phi) is 5.39. The van der Waals surface area contributed by atoms with Crippen molar-refractivity contribution in [3.63, 3.8) is 0 Å². The van der Waals surface area contributed by atoms with Crippen molar-refractivity contribution in [1.82, 2.24) is 5.32 Å². The number of hydrogen-bond donors (Lipinski definition) is 1. The monoisotopic (exact) mass is 346 g/mol. The van der Waals surface area contributed by atoms with E-state index in [4.69, 9.17) is 0 Å². The molecule has 3 aromatic carbocycles. The second-order valence-corrected chi connectivity index (χ2v) is 5.90. The summed E-state index contributed by atoms with van der Waals surface area (Å²) in [6.45, 7) is 0. The van der Waals surface area contributed by atoms with Crippen molar-refractivity contribution in [3.8, 4) is 0 Å². The summed E-state index contributed by atoms with van der Waals surface area (Å²) in [4.78, 5) is 23.4. The van der Waals surface area contributed by atoms with Gasteiger partial charge in [0.2, 0.25) is 0 Å². The van der Waals surface area contributed by atoms with E-state index in [1.54, 1.807) is 12.1 Å². The number of nitrogens with zero attached hydrogens (tertiary/aromatic N) is 1. The highest BCUT2D eigenvalue weighted by Crippen LogP contribution is 2.22. The summed E-state index contributed by atoms with van der Waals surface area (Å²) in [6, 6.07) is 25.1. The Morgan fingerprint density at radius 2 is 1.46 bits per heavy atom. The van der Waals surface area contributed by atoms with Crippen LogP contribution in [-0.4, -0.2) is 10.8 Å². The van der Waals surface area contributed by atoms with Crippen LogP contribution in [0.4, 0.5) is 5.69 Å². The maximum Gasteiger partial charge on any atom is 0.282 e. The SMILES string of the molecule is O=C(NC(Cc1ccccc1)c1ccccc1)c1ccccc1[N+](=O)[O-]. The second-order valence-electron chi connectivity index (χ2n) is 5.90.